The summed E-state index contributed by atoms with van der Waals surface area (Å²) >= 11 is 0. The molecule has 2 heterocycles. The Morgan fingerprint density at radius 2 is 1.88 bits per heavy atom. The van der Waals surface area contributed by atoms with E-state index < -0.39 is 11.7 Å². The molecule has 6 nitrogen and oxygen atoms in total. The number of carbonyl (C=O) groups excluding carboxylic acids is 1. The van der Waals surface area contributed by atoms with E-state index in [2.05, 4.69) is 0 Å². The van der Waals surface area contributed by atoms with Crippen LogP contribution in [0, 0.1) is 0 Å². The fourth-order valence-corrected chi connectivity index (χ4v) is 2.71. The van der Waals surface area contributed by atoms with Crippen LogP contribution >= 0.6 is 0 Å². The van der Waals surface area contributed by atoms with Crippen LogP contribution in [0.1, 0.15) is 26.5 Å². The summed E-state index contributed by atoms with van der Waals surface area (Å²) in [6.07, 6.45) is 1.18. The Labute approximate surface area is 145 Å². The van der Waals surface area contributed by atoms with E-state index in [0.29, 0.717) is 5.69 Å². The molecule has 0 amide bonds. The van der Waals surface area contributed by atoms with Crippen LogP contribution in [0.5, 0.6) is 0 Å². The number of aromatic nitrogens is 2. The number of hydrogen-bond acceptors (Lipinski definition) is 4. The van der Waals surface area contributed by atoms with Gasteiger partial charge < -0.3 is 15.0 Å². The summed E-state index contributed by atoms with van der Waals surface area (Å²) in [6.45, 7) is 5.67. The summed E-state index contributed by atoms with van der Waals surface area (Å²) in [5.74, 6) is 0. The van der Waals surface area contributed by atoms with Crippen molar-refractivity contribution in [1.82, 2.24) is 9.13 Å². The highest BCUT2D eigenvalue weighted by atomic mass is 16.6. The number of nitrogens with zero attached hydrogens (tertiary/aromatic N) is 2. The lowest BCUT2D eigenvalue weighted by Crippen LogP contribution is -2.29. The number of fused-ring (bicyclic) bond motifs is 1. The van der Waals surface area contributed by atoms with Gasteiger partial charge >= 0.3 is 6.09 Å². The quantitative estimate of drug-likeness (QED) is 0.777. The number of nitrogen functional groups attached to an aromatic ring is 1. The van der Waals surface area contributed by atoms with Crippen molar-refractivity contribution in [3.8, 4) is 0 Å². The molecule has 0 saturated carbocycles. The van der Waals surface area contributed by atoms with E-state index in [-0.39, 0.29) is 17.8 Å². The fraction of sp³-hybridized carbons (Fsp3) is 0.263. The summed E-state index contributed by atoms with van der Waals surface area (Å²) < 4.78 is 8.52. The Kier molecular flexibility index (Phi) is 4.12. The minimum absolute atomic E-state index is 0.169. The third-order valence-electron chi connectivity index (χ3n) is 3.75. The standard InChI is InChI=1S/C19H21N3O3/c1-19(2,3)25-18(24)22-14(11-13-7-4-5-9-16(13)22)12-21-10-6-8-15(20)17(21)23/h4-11H,12,20H2,1-3H3. The molecule has 0 unspecified atom stereocenters. The van der Waals surface area contributed by atoms with E-state index in [9.17, 15) is 9.59 Å². The molecule has 2 N–H and O–H groups in total. The summed E-state index contributed by atoms with van der Waals surface area (Å²) in [5.41, 5.74) is 6.36. The van der Waals surface area contributed by atoms with Gasteiger partial charge in [0.05, 0.1) is 17.7 Å². The van der Waals surface area contributed by atoms with Gasteiger partial charge in [0, 0.05) is 17.3 Å². The summed E-state index contributed by atoms with van der Waals surface area (Å²) in [7, 11) is 0. The van der Waals surface area contributed by atoms with Crippen LogP contribution in [-0.2, 0) is 11.3 Å². The van der Waals surface area contributed by atoms with Gasteiger partial charge in [-0.2, -0.15) is 0 Å². The summed E-state index contributed by atoms with van der Waals surface area (Å²) in [6, 6.07) is 12.7. The Bertz CT molecular complexity index is 993. The van der Waals surface area contributed by atoms with Gasteiger partial charge in [-0.25, -0.2) is 9.36 Å². The highest BCUT2D eigenvalue weighted by Gasteiger charge is 2.22. The second-order valence-corrected chi connectivity index (χ2v) is 6.91. The number of pyridine rings is 1. The minimum Gasteiger partial charge on any atom is -0.443 e. The largest absolute Gasteiger partial charge is 0.443 e. The lowest BCUT2D eigenvalue weighted by molar-refractivity contribution is 0.0540. The van der Waals surface area contributed by atoms with Gasteiger partial charge in [-0.05, 0) is 45.0 Å². The lowest BCUT2D eigenvalue weighted by atomic mass is 10.2. The first-order chi connectivity index (χ1) is 11.8. The first kappa shape index (κ1) is 16.8. The fourth-order valence-electron chi connectivity index (χ4n) is 2.71. The van der Waals surface area contributed by atoms with Crippen molar-refractivity contribution in [3.05, 3.63) is 64.7 Å². The van der Waals surface area contributed by atoms with Gasteiger partial charge in [0.25, 0.3) is 5.56 Å². The van der Waals surface area contributed by atoms with Crippen molar-refractivity contribution in [3.63, 3.8) is 0 Å². The Balaban J connectivity index is 2.11. The maximum atomic E-state index is 12.7. The van der Waals surface area contributed by atoms with E-state index in [1.165, 1.54) is 9.13 Å². The zero-order chi connectivity index (χ0) is 18.2. The zero-order valence-corrected chi connectivity index (χ0v) is 14.5. The molecule has 0 fully saturated rings. The molecule has 130 valence electrons. The molecule has 2 aromatic heterocycles. The van der Waals surface area contributed by atoms with Crippen LogP contribution in [0.2, 0.25) is 0 Å². The van der Waals surface area contributed by atoms with E-state index in [0.717, 1.165) is 10.9 Å². The van der Waals surface area contributed by atoms with Crippen molar-refractivity contribution in [2.24, 2.45) is 0 Å². The molecule has 25 heavy (non-hydrogen) atoms. The molecule has 0 radical (unpaired) electrons. The van der Waals surface area contributed by atoms with Gasteiger partial charge in [-0.1, -0.05) is 18.2 Å². The normalized spacial score (nSPS) is 11.6. The molecule has 1 aromatic carbocycles. The van der Waals surface area contributed by atoms with Crippen LogP contribution in [0.25, 0.3) is 10.9 Å². The first-order valence-electron chi connectivity index (χ1n) is 8.04. The summed E-state index contributed by atoms with van der Waals surface area (Å²) in [4.78, 5) is 24.9. The van der Waals surface area contributed by atoms with Crippen LogP contribution in [0.4, 0.5) is 10.5 Å². The number of anilines is 1. The van der Waals surface area contributed by atoms with Crippen LogP contribution in [0.3, 0.4) is 0 Å². The molecule has 3 aromatic rings. The molecule has 6 heteroatoms. The molecular formula is C19H21N3O3. The molecule has 3 rings (SSSR count). The van der Waals surface area contributed by atoms with E-state index in [1.54, 1.807) is 18.3 Å². The number of ether oxygens (including phenoxy) is 1. The summed E-state index contributed by atoms with van der Waals surface area (Å²) in [5, 5.41) is 0.903. The predicted octanol–water partition coefficient (Wildman–Crippen LogP) is 3.22. The lowest BCUT2D eigenvalue weighted by Gasteiger charge is -2.21. The molecule has 0 aliphatic carbocycles. The molecule has 0 aliphatic heterocycles. The topological polar surface area (TPSA) is 79.2 Å². The number of nitrogens with two attached hydrogens (primary N) is 1. The van der Waals surface area contributed by atoms with Crippen molar-refractivity contribution in [2.75, 3.05) is 5.73 Å². The predicted molar refractivity (Wildman–Crippen MR) is 97.8 cm³/mol. The third kappa shape index (κ3) is 3.42. The SMILES string of the molecule is CC(C)(C)OC(=O)n1c(Cn2cccc(N)c2=O)cc2ccccc21. The van der Waals surface area contributed by atoms with Gasteiger partial charge in [0.15, 0.2) is 0 Å². The molecule has 0 aliphatic rings. The second kappa shape index (κ2) is 6.12. The highest BCUT2D eigenvalue weighted by Crippen LogP contribution is 2.22. The van der Waals surface area contributed by atoms with Gasteiger partial charge in [-0.15, -0.1) is 0 Å². The van der Waals surface area contributed by atoms with Crippen molar-refractivity contribution in [2.45, 2.75) is 32.9 Å². The number of benzene rings is 1. The van der Waals surface area contributed by atoms with Crippen LogP contribution < -0.4 is 11.3 Å². The van der Waals surface area contributed by atoms with Crippen molar-refractivity contribution in [1.29, 1.82) is 0 Å². The van der Waals surface area contributed by atoms with Crippen molar-refractivity contribution >= 4 is 22.7 Å². The zero-order valence-electron chi connectivity index (χ0n) is 14.5. The van der Waals surface area contributed by atoms with Gasteiger partial charge in [0.1, 0.15) is 5.60 Å². The maximum Gasteiger partial charge on any atom is 0.419 e. The van der Waals surface area contributed by atoms with Gasteiger partial charge in [0.2, 0.25) is 0 Å². The number of rotatable bonds is 2. The molecule has 0 bridgehead atoms. The smallest absolute Gasteiger partial charge is 0.419 e. The maximum absolute atomic E-state index is 12.7. The Morgan fingerprint density at radius 3 is 2.60 bits per heavy atom. The minimum atomic E-state index is -0.617. The average molecular weight is 339 g/mol. The molecule has 0 spiro atoms. The molecular weight excluding hydrogens is 318 g/mol. The number of para-hydroxylation sites is 1. The van der Waals surface area contributed by atoms with E-state index in [4.69, 9.17) is 10.5 Å². The van der Waals surface area contributed by atoms with E-state index >= 15 is 0 Å². The average Bonchev–Trinajstić information content (AvgIpc) is 2.88. The first-order valence-corrected chi connectivity index (χ1v) is 8.04. The van der Waals surface area contributed by atoms with Crippen molar-refractivity contribution < 1.29 is 9.53 Å². The van der Waals surface area contributed by atoms with Gasteiger partial charge in [-0.3, -0.25) is 4.79 Å². The molecule has 0 saturated heterocycles. The second-order valence-electron chi connectivity index (χ2n) is 6.91. The van der Waals surface area contributed by atoms with E-state index in [1.807, 2.05) is 51.1 Å². The number of carbonyl (C=O) groups is 1. The Hall–Kier alpha value is -3.02. The monoisotopic (exact) mass is 339 g/mol. The van der Waals surface area contributed by atoms with Crippen LogP contribution in [0.15, 0.2) is 53.5 Å². The van der Waals surface area contributed by atoms with Crippen LogP contribution in [-0.4, -0.2) is 20.8 Å². The third-order valence-corrected chi connectivity index (χ3v) is 3.75. The Morgan fingerprint density at radius 1 is 1.16 bits per heavy atom. The molecule has 0 atom stereocenters. The highest BCUT2D eigenvalue weighted by molar-refractivity contribution is 5.91. The number of hydrogen-bond donors (Lipinski definition) is 1.